The van der Waals surface area contributed by atoms with Gasteiger partial charge in [-0.2, -0.15) is 0 Å². The number of carboxylic acid groups (broad SMARTS) is 1. The Bertz CT molecular complexity index is 688. The number of hydrogen-bond acceptors (Lipinski definition) is 2. The zero-order valence-electron chi connectivity index (χ0n) is 23.1. The van der Waals surface area contributed by atoms with E-state index in [0.29, 0.717) is 6.42 Å². The fourth-order valence-electron chi connectivity index (χ4n) is 4.88. The predicted molar refractivity (Wildman–Crippen MR) is 146 cm³/mol. The molecule has 34 heavy (non-hydrogen) atoms. The van der Waals surface area contributed by atoms with Crippen molar-refractivity contribution in [2.24, 2.45) is 0 Å². The molecule has 0 fully saturated rings. The van der Waals surface area contributed by atoms with Crippen molar-refractivity contribution in [2.45, 2.75) is 155 Å². The van der Waals surface area contributed by atoms with E-state index in [1.165, 1.54) is 89.9 Å². The lowest BCUT2D eigenvalue weighted by atomic mass is 9.75. The van der Waals surface area contributed by atoms with Crippen molar-refractivity contribution in [3.8, 4) is 5.75 Å². The molecule has 0 aliphatic heterocycles. The Labute approximate surface area is 210 Å². The molecular formula is C31H54O3. The molecule has 1 atom stereocenters. The highest BCUT2D eigenvalue weighted by Crippen LogP contribution is 2.37. The Morgan fingerprint density at radius 3 is 1.50 bits per heavy atom. The summed E-state index contributed by atoms with van der Waals surface area (Å²) in [6.07, 6.45) is 21.7. The van der Waals surface area contributed by atoms with E-state index >= 15 is 0 Å². The van der Waals surface area contributed by atoms with Crippen LogP contribution in [0.15, 0.2) is 18.2 Å². The summed E-state index contributed by atoms with van der Waals surface area (Å²) in [6.45, 7) is 10.2. The normalized spacial score (nSPS) is 13.7. The van der Waals surface area contributed by atoms with E-state index in [1.807, 2.05) is 33.8 Å². The standard InChI is InChI=1S/C31H54O3/c1-6-7-8-9-10-11-12-13-14-15-16-17-18-19-20-21-24-31(5,29(33)34)26-22-23-28(32)27(25-26)30(2,3)4/h22-23,25,32H,6-21,24H2,1-5H3,(H,33,34). The van der Waals surface area contributed by atoms with Crippen LogP contribution in [0.5, 0.6) is 5.75 Å². The summed E-state index contributed by atoms with van der Waals surface area (Å²) in [5, 5.41) is 20.3. The Balaban J connectivity index is 2.23. The van der Waals surface area contributed by atoms with E-state index in [4.69, 9.17) is 0 Å². The van der Waals surface area contributed by atoms with Crippen molar-refractivity contribution in [3.05, 3.63) is 29.3 Å². The van der Waals surface area contributed by atoms with Gasteiger partial charge in [0.05, 0.1) is 5.41 Å². The summed E-state index contributed by atoms with van der Waals surface area (Å²) in [7, 11) is 0. The molecule has 0 bridgehead atoms. The summed E-state index contributed by atoms with van der Waals surface area (Å²) in [5.41, 5.74) is 0.463. The summed E-state index contributed by atoms with van der Waals surface area (Å²) in [5.74, 6) is -0.537. The first-order valence-electron chi connectivity index (χ1n) is 14.2. The van der Waals surface area contributed by atoms with Gasteiger partial charge < -0.3 is 10.2 Å². The second kappa shape index (κ2) is 16.2. The topological polar surface area (TPSA) is 57.5 Å². The van der Waals surface area contributed by atoms with Gasteiger partial charge in [-0.25, -0.2) is 0 Å². The van der Waals surface area contributed by atoms with Crippen molar-refractivity contribution in [1.29, 1.82) is 0 Å². The van der Waals surface area contributed by atoms with Crippen LogP contribution in [-0.2, 0) is 15.6 Å². The number of phenolic OH excluding ortho intramolecular Hbond substituents is 1. The minimum atomic E-state index is -0.913. The van der Waals surface area contributed by atoms with Gasteiger partial charge in [-0.1, -0.05) is 143 Å². The third-order valence-corrected chi connectivity index (χ3v) is 7.44. The van der Waals surface area contributed by atoms with Gasteiger partial charge in [0.2, 0.25) is 0 Å². The van der Waals surface area contributed by atoms with Gasteiger partial charge >= 0.3 is 5.97 Å². The van der Waals surface area contributed by atoms with Crippen LogP contribution in [-0.4, -0.2) is 16.2 Å². The van der Waals surface area contributed by atoms with Gasteiger partial charge in [0.25, 0.3) is 0 Å². The molecule has 1 unspecified atom stereocenters. The van der Waals surface area contributed by atoms with Crippen LogP contribution < -0.4 is 0 Å². The summed E-state index contributed by atoms with van der Waals surface area (Å²) in [4.78, 5) is 12.2. The lowest BCUT2D eigenvalue weighted by Gasteiger charge is -2.28. The van der Waals surface area contributed by atoms with Crippen LogP contribution in [0.3, 0.4) is 0 Å². The first kappa shape index (κ1) is 30.5. The van der Waals surface area contributed by atoms with Crippen molar-refractivity contribution in [1.82, 2.24) is 0 Å². The molecular weight excluding hydrogens is 420 g/mol. The van der Waals surface area contributed by atoms with E-state index in [0.717, 1.165) is 24.0 Å². The first-order valence-corrected chi connectivity index (χ1v) is 14.2. The van der Waals surface area contributed by atoms with Crippen molar-refractivity contribution >= 4 is 5.97 Å². The molecule has 0 aliphatic carbocycles. The molecule has 0 amide bonds. The maximum absolute atomic E-state index is 12.2. The molecule has 0 spiro atoms. The monoisotopic (exact) mass is 474 g/mol. The molecule has 1 aromatic carbocycles. The summed E-state index contributed by atoms with van der Waals surface area (Å²) in [6, 6.07) is 5.34. The third-order valence-electron chi connectivity index (χ3n) is 7.44. The molecule has 3 heteroatoms. The highest BCUT2D eigenvalue weighted by molar-refractivity contribution is 5.81. The molecule has 0 heterocycles. The van der Waals surface area contributed by atoms with Crippen LogP contribution >= 0.6 is 0 Å². The highest BCUT2D eigenvalue weighted by atomic mass is 16.4. The molecule has 2 N–H and O–H groups in total. The van der Waals surface area contributed by atoms with Gasteiger partial charge in [0, 0.05) is 0 Å². The number of aromatic hydroxyl groups is 1. The molecule has 0 aliphatic rings. The fourth-order valence-corrected chi connectivity index (χ4v) is 4.88. The smallest absolute Gasteiger partial charge is 0.313 e. The van der Waals surface area contributed by atoms with Gasteiger partial charge in [0.15, 0.2) is 0 Å². The Hall–Kier alpha value is -1.51. The molecule has 0 saturated carbocycles. The lowest BCUT2D eigenvalue weighted by molar-refractivity contribution is -0.143. The van der Waals surface area contributed by atoms with Crippen LogP contribution in [0.4, 0.5) is 0 Å². The number of rotatable bonds is 19. The maximum atomic E-state index is 12.2. The Kier molecular flexibility index (Phi) is 14.6. The SMILES string of the molecule is CCCCCCCCCCCCCCCCCCC(C)(C(=O)O)c1ccc(O)c(C(C)(C)C)c1. The van der Waals surface area contributed by atoms with Crippen molar-refractivity contribution in [2.75, 3.05) is 0 Å². The summed E-state index contributed by atoms with van der Waals surface area (Å²) < 4.78 is 0. The van der Waals surface area contributed by atoms with Gasteiger partial charge in [-0.15, -0.1) is 0 Å². The minimum absolute atomic E-state index is 0.228. The zero-order valence-corrected chi connectivity index (χ0v) is 23.1. The maximum Gasteiger partial charge on any atom is 0.313 e. The van der Waals surface area contributed by atoms with Crippen LogP contribution in [0.1, 0.15) is 155 Å². The zero-order chi connectivity index (χ0) is 25.5. The fraction of sp³-hybridized carbons (Fsp3) is 0.774. The second-order valence-electron chi connectivity index (χ2n) is 11.7. The molecule has 1 rings (SSSR count). The van der Waals surface area contributed by atoms with Gasteiger partial charge in [-0.3, -0.25) is 4.79 Å². The number of benzene rings is 1. The Morgan fingerprint density at radius 1 is 0.706 bits per heavy atom. The Morgan fingerprint density at radius 2 is 1.12 bits per heavy atom. The van der Waals surface area contributed by atoms with Crippen molar-refractivity contribution < 1.29 is 15.0 Å². The van der Waals surface area contributed by atoms with E-state index in [-0.39, 0.29) is 11.2 Å². The number of carboxylic acids is 1. The molecule has 1 aromatic rings. The van der Waals surface area contributed by atoms with Crippen LogP contribution in [0.25, 0.3) is 0 Å². The quantitative estimate of drug-likeness (QED) is 0.196. The van der Waals surface area contributed by atoms with E-state index < -0.39 is 11.4 Å². The largest absolute Gasteiger partial charge is 0.508 e. The molecule has 0 saturated heterocycles. The third kappa shape index (κ3) is 11.3. The highest BCUT2D eigenvalue weighted by Gasteiger charge is 2.35. The van der Waals surface area contributed by atoms with E-state index in [1.54, 1.807) is 12.1 Å². The second-order valence-corrected chi connectivity index (χ2v) is 11.7. The van der Waals surface area contributed by atoms with E-state index in [2.05, 4.69) is 6.92 Å². The lowest BCUT2D eigenvalue weighted by Crippen LogP contribution is -2.32. The average molecular weight is 475 g/mol. The number of unbranched alkanes of at least 4 members (excludes halogenated alkanes) is 15. The van der Waals surface area contributed by atoms with Crippen molar-refractivity contribution in [3.63, 3.8) is 0 Å². The van der Waals surface area contributed by atoms with Crippen LogP contribution in [0.2, 0.25) is 0 Å². The molecule has 196 valence electrons. The first-order chi connectivity index (χ1) is 16.1. The average Bonchev–Trinajstić information content (AvgIpc) is 2.78. The van der Waals surface area contributed by atoms with Crippen LogP contribution in [0, 0.1) is 0 Å². The van der Waals surface area contributed by atoms with Gasteiger partial charge in [0.1, 0.15) is 5.75 Å². The molecule has 3 nitrogen and oxygen atoms in total. The van der Waals surface area contributed by atoms with Gasteiger partial charge in [-0.05, 0) is 36.0 Å². The number of phenols is 1. The van der Waals surface area contributed by atoms with E-state index in [9.17, 15) is 15.0 Å². The number of hydrogen-bond donors (Lipinski definition) is 2. The summed E-state index contributed by atoms with van der Waals surface area (Å²) >= 11 is 0. The molecule has 0 radical (unpaired) electrons. The minimum Gasteiger partial charge on any atom is -0.508 e. The number of carbonyl (C=O) groups is 1. The molecule has 0 aromatic heterocycles. The number of aliphatic carboxylic acids is 1. The predicted octanol–water partition coefficient (Wildman–Crippen LogP) is 9.68.